The van der Waals surface area contributed by atoms with Gasteiger partial charge in [0.1, 0.15) is 0 Å². The highest BCUT2D eigenvalue weighted by atomic mass is 16.5. The van der Waals surface area contributed by atoms with Gasteiger partial charge in [-0.15, -0.1) is 0 Å². The molecule has 3 aromatic heterocycles. The minimum absolute atomic E-state index is 0.207. The molecule has 224 valence electrons. The van der Waals surface area contributed by atoms with Crippen LogP contribution >= 0.6 is 0 Å². The number of hydrogen-bond donors (Lipinski definition) is 3. The lowest BCUT2D eigenvalue weighted by molar-refractivity contribution is -0.141. The van der Waals surface area contributed by atoms with Gasteiger partial charge in [0.15, 0.2) is 0 Å². The number of aryl methyl sites for hydroxylation is 2. The van der Waals surface area contributed by atoms with E-state index in [4.69, 9.17) is 19.4 Å². The van der Waals surface area contributed by atoms with Gasteiger partial charge < -0.3 is 24.5 Å². The third kappa shape index (κ3) is 5.90. The van der Waals surface area contributed by atoms with Crippen LogP contribution < -0.4 is 0 Å². The number of ether oxygens (including phenoxy) is 2. The van der Waals surface area contributed by atoms with E-state index in [1.54, 1.807) is 6.92 Å². The van der Waals surface area contributed by atoms with Crippen LogP contribution in [0.15, 0.2) is 30.3 Å². The Balaban J connectivity index is 1.86. The molecule has 1 atom stereocenters. The van der Waals surface area contributed by atoms with E-state index < -0.39 is 6.10 Å². The number of allylic oxidation sites excluding steroid dienone is 4. The number of esters is 2. The molecule has 5 heterocycles. The average molecular weight is 583 g/mol. The van der Waals surface area contributed by atoms with Gasteiger partial charge in [-0.05, 0) is 111 Å². The van der Waals surface area contributed by atoms with Crippen LogP contribution in [0.4, 0.5) is 0 Å². The zero-order valence-electron chi connectivity index (χ0n) is 25.8. The maximum atomic E-state index is 12.1. The number of aliphatic hydroxyl groups excluding tert-OH is 1. The number of rotatable bonds is 7. The molecular weight excluding hydrogens is 544 g/mol. The summed E-state index contributed by atoms with van der Waals surface area (Å²) in [6, 6.07) is 10.1. The van der Waals surface area contributed by atoms with Crippen molar-refractivity contribution in [2.45, 2.75) is 66.4 Å². The molecule has 3 N–H and O–H groups in total. The van der Waals surface area contributed by atoms with E-state index in [0.29, 0.717) is 18.5 Å². The van der Waals surface area contributed by atoms with E-state index in [2.05, 4.69) is 16.0 Å². The van der Waals surface area contributed by atoms with Crippen LogP contribution in [0.3, 0.4) is 0 Å². The van der Waals surface area contributed by atoms with E-state index in [9.17, 15) is 14.7 Å². The van der Waals surface area contributed by atoms with Gasteiger partial charge in [0.25, 0.3) is 0 Å². The highest BCUT2D eigenvalue weighted by Gasteiger charge is 2.23. The number of aromatic nitrogens is 4. The maximum Gasteiger partial charge on any atom is 0.305 e. The van der Waals surface area contributed by atoms with E-state index >= 15 is 0 Å². The summed E-state index contributed by atoms with van der Waals surface area (Å²) in [5.41, 5.74) is 13.1. The summed E-state index contributed by atoms with van der Waals surface area (Å²) in [7, 11) is 2.77. The Morgan fingerprint density at radius 3 is 1.79 bits per heavy atom. The number of carbonyl (C=O) groups is 2. The van der Waals surface area contributed by atoms with Crippen LogP contribution in [-0.4, -0.2) is 51.2 Å². The third-order valence-corrected chi connectivity index (χ3v) is 8.38. The van der Waals surface area contributed by atoms with Gasteiger partial charge in [-0.2, -0.15) is 0 Å². The van der Waals surface area contributed by atoms with Crippen LogP contribution in [0.25, 0.3) is 44.4 Å². The molecule has 9 nitrogen and oxygen atoms in total. The summed E-state index contributed by atoms with van der Waals surface area (Å²) in [5, 5.41) is 10.8. The van der Waals surface area contributed by atoms with Gasteiger partial charge in [-0.1, -0.05) is 0 Å². The van der Waals surface area contributed by atoms with Crippen LogP contribution in [-0.2, 0) is 19.1 Å². The maximum absolute atomic E-state index is 12.1. The summed E-state index contributed by atoms with van der Waals surface area (Å²) in [4.78, 5) is 41.3. The summed E-state index contributed by atoms with van der Waals surface area (Å²) in [5.74, 6) is -0.589. The molecule has 9 heteroatoms. The van der Waals surface area contributed by atoms with Crippen LogP contribution in [0.5, 0.6) is 0 Å². The number of H-pyrrole nitrogens is 2. The van der Waals surface area contributed by atoms with Gasteiger partial charge >= 0.3 is 11.9 Å². The van der Waals surface area contributed by atoms with Crippen molar-refractivity contribution in [1.29, 1.82) is 0 Å². The molecule has 3 aromatic rings. The zero-order chi connectivity index (χ0) is 31.0. The molecule has 0 aliphatic carbocycles. The number of fused-ring (bicyclic) bond motifs is 8. The van der Waals surface area contributed by atoms with E-state index in [1.165, 1.54) is 14.2 Å². The predicted molar refractivity (Wildman–Crippen MR) is 169 cm³/mol. The lowest BCUT2D eigenvalue weighted by Crippen LogP contribution is -2.01. The van der Waals surface area contributed by atoms with Gasteiger partial charge in [0.05, 0.1) is 43.1 Å². The first-order valence-corrected chi connectivity index (χ1v) is 14.5. The Morgan fingerprint density at radius 2 is 1.28 bits per heavy atom. The topological polar surface area (TPSA) is 130 Å². The van der Waals surface area contributed by atoms with Gasteiger partial charge in [0, 0.05) is 40.5 Å². The van der Waals surface area contributed by atoms with Crippen molar-refractivity contribution >= 4 is 56.3 Å². The van der Waals surface area contributed by atoms with Gasteiger partial charge in [-0.25, -0.2) is 9.97 Å². The Kier molecular flexibility index (Phi) is 8.37. The summed E-state index contributed by atoms with van der Waals surface area (Å²) < 4.78 is 9.84. The molecule has 5 rings (SSSR count). The second kappa shape index (κ2) is 12.0. The lowest BCUT2D eigenvalue weighted by Gasteiger charge is -2.06. The molecule has 0 spiro atoms. The molecule has 8 bridgehead atoms. The van der Waals surface area contributed by atoms with Crippen molar-refractivity contribution in [2.24, 2.45) is 0 Å². The minimum Gasteiger partial charge on any atom is -0.469 e. The molecule has 0 aromatic carbocycles. The molecule has 0 amide bonds. The Bertz CT molecular complexity index is 1860. The zero-order valence-corrected chi connectivity index (χ0v) is 25.8. The molecule has 2 aliphatic heterocycles. The monoisotopic (exact) mass is 582 g/mol. The van der Waals surface area contributed by atoms with Crippen molar-refractivity contribution in [3.8, 4) is 0 Å². The standard InChI is InChI=1S/C34H38N4O5/c1-17-12-22-13-26-20(4)34(21(5)39)31(38-26)15-28-19(3)24(9-11-33(41)43-7)30(37-28)16-29-23(8-10-32(40)42-6)18(2)27(36-29)14-25(17)35-22/h12-16,21,35,38-39H,8-11H2,1-7H3/t21-/m1/s1. The summed E-state index contributed by atoms with van der Waals surface area (Å²) in [6.07, 6.45) is 0.637. The first-order chi connectivity index (χ1) is 20.5. The number of aromatic amines is 2. The predicted octanol–water partition coefficient (Wildman–Crippen LogP) is 6.75. The molecule has 0 radical (unpaired) electrons. The van der Waals surface area contributed by atoms with Crippen molar-refractivity contribution < 1.29 is 24.2 Å². The second-order valence-corrected chi connectivity index (χ2v) is 11.2. The number of aliphatic hydroxyl groups is 1. The lowest BCUT2D eigenvalue weighted by atomic mass is 9.98. The minimum atomic E-state index is -0.701. The molecule has 0 unspecified atom stereocenters. The number of hydrogen-bond acceptors (Lipinski definition) is 7. The van der Waals surface area contributed by atoms with Crippen molar-refractivity contribution in [1.82, 2.24) is 19.9 Å². The van der Waals surface area contributed by atoms with E-state index in [-0.39, 0.29) is 24.8 Å². The van der Waals surface area contributed by atoms with Gasteiger partial charge in [0.2, 0.25) is 0 Å². The quantitative estimate of drug-likeness (QED) is 0.263. The van der Waals surface area contributed by atoms with Crippen molar-refractivity contribution in [3.05, 3.63) is 69.8 Å². The fourth-order valence-corrected chi connectivity index (χ4v) is 5.90. The van der Waals surface area contributed by atoms with E-state index in [0.717, 1.165) is 78.1 Å². The molecule has 43 heavy (non-hydrogen) atoms. The highest BCUT2D eigenvalue weighted by molar-refractivity contribution is 5.96. The van der Waals surface area contributed by atoms with Crippen LogP contribution in [0, 0.1) is 13.8 Å². The Labute approximate surface area is 250 Å². The first-order valence-electron chi connectivity index (χ1n) is 14.5. The van der Waals surface area contributed by atoms with Crippen LogP contribution in [0.1, 0.15) is 92.0 Å². The Morgan fingerprint density at radius 1 is 0.744 bits per heavy atom. The molecular formula is C34H38N4O5. The van der Waals surface area contributed by atoms with E-state index in [1.807, 2.05) is 52.0 Å². The smallest absolute Gasteiger partial charge is 0.305 e. The average Bonchev–Trinajstić information content (AvgIpc) is 3.65. The second-order valence-electron chi connectivity index (χ2n) is 11.2. The summed E-state index contributed by atoms with van der Waals surface area (Å²) >= 11 is 0. The fourth-order valence-electron chi connectivity index (χ4n) is 5.90. The van der Waals surface area contributed by atoms with Crippen LogP contribution in [0.2, 0.25) is 0 Å². The first kappa shape index (κ1) is 30.0. The molecule has 0 fully saturated rings. The SMILES string of the molecule is COC(=O)CCC1=C(C)c2cc3[nH]c(cc3C)cc3[nH]c(cc4nc(cc1n2)C(CCC(=O)OC)=C4C)c([C@@H](C)O)c3C. The number of carbonyl (C=O) groups excluding carboxylic acids is 2. The molecule has 0 saturated heterocycles. The number of nitrogens with zero attached hydrogens (tertiary/aromatic N) is 2. The number of methoxy groups -OCH3 is 2. The highest BCUT2D eigenvalue weighted by Crippen LogP contribution is 2.38. The Hall–Kier alpha value is -4.50. The fraction of sp³-hybridized carbons (Fsp3) is 0.353. The summed E-state index contributed by atoms with van der Waals surface area (Å²) in [6.45, 7) is 9.81. The normalized spacial score (nSPS) is 13.9. The van der Waals surface area contributed by atoms with Crippen molar-refractivity contribution in [3.63, 3.8) is 0 Å². The van der Waals surface area contributed by atoms with Gasteiger partial charge in [-0.3, -0.25) is 9.59 Å². The molecule has 2 aliphatic rings. The largest absolute Gasteiger partial charge is 0.469 e. The molecule has 0 saturated carbocycles. The van der Waals surface area contributed by atoms with Crippen molar-refractivity contribution in [2.75, 3.05) is 14.2 Å². The number of nitrogens with one attached hydrogen (secondary N) is 2. The third-order valence-electron chi connectivity index (χ3n) is 8.38.